The van der Waals surface area contributed by atoms with Crippen molar-refractivity contribution in [2.45, 2.75) is 37.8 Å². The molecular formula is C17H29Cl2N3O. The van der Waals surface area contributed by atoms with Crippen molar-refractivity contribution in [3.63, 3.8) is 0 Å². The Hall–Kier alpha value is -0.810. The zero-order chi connectivity index (χ0) is 15.2. The van der Waals surface area contributed by atoms with Crippen LogP contribution in [-0.2, 0) is 11.2 Å². The molecule has 0 saturated heterocycles. The molecule has 1 aliphatic rings. The lowest BCUT2D eigenvalue weighted by atomic mass is 10.0. The summed E-state index contributed by atoms with van der Waals surface area (Å²) in [5, 5.41) is 3.22. The van der Waals surface area contributed by atoms with E-state index < -0.39 is 0 Å². The number of halogens is 2. The highest BCUT2D eigenvalue weighted by atomic mass is 35.5. The fourth-order valence-corrected chi connectivity index (χ4v) is 3.07. The average Bonchev–Trinajstić information content (AvgIpc) is 2.86. The first kappa shape index (κ1) is 22.2. The van der Waals surface area contributed by atoms with Gasteiger partial charge in [0.15, 0.2) is 0 Å². The molecule has 2 rings (SSSR count). The molecule has 4 nitrogen and oxygen atoms in total. The van der Waals surface area contributed by atoms with Crippen LogP contribution in [0, 0.1) is 5.92 Å². The van der Waals surface area contributed by atoms with Gasteiger partial charge in [-0.15, -0.1) is 24.8 Å². The van der Waals surface area contributed by atoms with Gasteiger partial charge < -0.3 is 16.0 Å². The minimum Gasteiger partial charge on any atom is -0.352 e. The van der Waals surface area contributed by atoms with E-state index in [4.69, 9.17) is 5.73 Å². The summed E-state index contributed by atoms with van der Waals surface area (Å²) in [6.45, 7) is 0.847. The van der Waals surface area contributed by atoms with E-state index in [0.29, 0.717) is 0 Å². The van der Waals surface area contributed by atoms with Gasteiger partial charge in [-0.2, -0.15) is 0 Å². The first-order valence-corrected chi connectivity index (χ1v) is 7.79. The Bertz CT molecular complexity index is 456. The molecule has 0 aliphatic heterocycles. The van der Waals surface area contributed by atoms with Gasteiger partial charge in [0.1, 0.15) is 0 Å². The molecule has 23 heavy (non-hydrogen) atoms. The zero-order valence-electron chi connectivity index (χ0n) is 13.9. The number of benzene rings is 1. The highest BCUT2D eigenvalue weighted by Crippen LogP contribution is 2.24. The zero-order valence-corrected chi connectivity index (χ0v) is 15.5. The van der Waals surface area contributed by atoms with Crippen molar-refractivity contribution < 1.29 is 4.79 Å². The van der Waals surface area contributed by atoms with E-state index in [-0.39, 0.29) is 48.7 Å². The number of hydrogen-bond acceptors (Lipinski definition) is 3. The molecule has 1 amide bonds. The standard InChI is InChI=1S/C17H27N3O.2ClH/c1-20(2)12-16(10-13-6-4-3-5-7-13)19-17(21)14-8-9-15(18)11-14;;/h3-7,14-16H,8-12,18H2,1-2H3,(H,19,21);2*1H. The van der Waals surface area contributed by atoms with Crippen molar-refractivity contribution in [1.29, 1.82) is 0 Å². The third kappa shape index (κ3) is 7.53. The fraction of sp³-hybridized carbons (Fsp3) is 0.588. The smallest absolute Gasteiger partial charge is 0.223 e. The van der Waals surface area contributed by atoms with Crippen LogP contribution in [0.25, 0.3) is 0 Å². The predicted molar refractivity (Wildman–Crippen MR) is 100 cm³/mol. The summed E-state index contributed by atoms with van der Waals surface area (Å²) in [5.41, 5.74) is 7.17. The highest BCUT2D eigenvalue weighted by Gasteiger charge is 2.29. The third-order valence-electron chi connectivity index (χ3n) is 4.10. The molecule has 0 radical (unpaired) electrons. The summed E-state index contributed by atoms with van der Waals surface area (Å²) < 4.78 is 0. The Balaban J connectivity index is 0.00000242. The summed E-state index contributed by atoms with van der Waals surface area (Å²) in [5.74, 6) is 0.270. The Morgan fingerprint density at radius 2 is 1.91 bits per heavy atom. The van der Waals surface area contributed by atoms with E-state index >= 15 is 0 Å². The second-order valence-corrected chi connectivity index (χ2v) is 6.43. The number of likely N-dealkylation sites (N-methyl/N-ethyl adjacent to an activating group) is 1. The van der Waals surface area contributed by atoms with Gasteiger partial charge in [0.05, 0.1) is 0 Å². The molecule has 1 fully saturated rings. The van der Waals surface area contributed by atoms with E-state index in [1.807, 2.05) is 32.3 Å². The molecule has 3 N–H and O–H groups in total. The quantitative estimate of drug-likeness (QED) is 0.816. The normalized spacial score (nSPS) is 21.2. The molecule has 0 spiro atoms. The summed E-state index contributed by atoms with van der Waals surface area (Å²) >= 11 is 0. The molecule has 1 aromatic rings. The van der Waals surface area contributed by atoms with Gasteiger partial charge in [-0.1, -0.05) is 30.3 Å². The van der Waals surface area contributed by atoms with Gasteiger partial charge in [-0.25, -0.2) is 0 Å². The number of carbonyl (C=O) groups excluding carboxylic acids is 1. The topological polar surface area (TPSA) is 58.4 Å². The molecule has 1 aliphatic carbocycles. The largest absolute Gasteiger partial charge is 0.352 e. The van der Waals surface area contributed by atoms with Crippen LogP contribution in [0.2, 0.25) is 0 Å². The Morgan fingerprint density at radius 3 is 2.43 bits per heavy atom. The minimum atomic E-state index is 0. The number of carbonyl (C=O) groups is 1. The van der Waals surface area contributed by atoms with E-state index in [1.165, 1.54) is 5.56 Å². The molecule has 0 heterocycles. The lowest BCUT2D eigenvalue weighted by Gasteiger charge is -2.24. The number of hydrogen-bond donors (Lipinski definition) is 2. The molecule has 1 saturated carbocycles. The molecular weight excluding hydrogens is 333 g/mol. The molecule has 132 valence electrons. The predicted octanol–water partition coefficient (Wildman–Crippen LogP) is 2.25. The van der Waals surface area contributed by atoms with Crippen LogP contribution in [0.1, 0.15) is 24.8 Å². The van der Waals surface area contributed by atoms with Gasteiger partial charge in [0.25, 0.3) is 0 Å². The number of amides is 1. The monoisotopic (exact) mass is 361 g/mol. The molecule has 6 heteroatoms. The van der Waals surface area contributed by atoms with Gasteiger partial charge in [-0.05, 0) is 45.3 Å². The van der Waals surface area contributed by atoms with Gasteiger partial charge in [-0.3, -0.25) is 4.79 Å². The van der Waals surface area contributed by atoms with Crippen molar-refractivity contribution in [1.82, 2.24) is 10.2 Å². The third-order valence-corrected chi connectivity index (χ3v) is 4.10. The second-order valence-electron chi connectivity index (χ2n) is 6.43. The number of nitrogens with two attached hydrogens (primary N) is 1. The van der Waals surface area contributed by atoms with Crippen molar-refractivity contribution in [3.05, 3.63) is 35.9 Å². The van der Waals surface area contributed by atoms with E-state index in [2.05, 4.69) is 22.3 Å². The average molecular weight is 362 g/mol. The number of nitrogens with zero attached hydrogens (tertiary/aromatic N) is 1. The van der Waals surface area contributed by atoms with E-state index in [0.717, 1.165) is 32.2 Å². The Morgan fingerprint density at radius 1 is 1.26 bits per heavy atom. The van der Waals surface area contributed by atoms with Crippen molar-refractivity contribution in [2.75, 3.05) is 20.6 Å². The van der Waals surface area contributed by atoms with Crippen LogP contribution in [0.4, 0.5) is 0 Å². The second kappa shape index (κ2) is 10.9. The maximum atomic E-state index is 12.4. The van der Waals surface area contributed by atoms with E-state index in [9.17, 15) is 4.79 Å². The van der Waals surface area contributed by atoms with Crippen LogP contribution < -0.4 is 11.1 Å². The first-order valence-electron chi connectivity index (χ1n) is 7.79. The molecule has 1 aromatic carbocycles. The minimum absolute atomic E-state index is 0. The van der Waals surface area contributed by atoms with Crippen LogP contribution in [0.3, 0.4) is 0 Å². The Labute approximate surface area is 152 Å². The first-order chi connectivity index (χ1) is 10.0. The number of rotatable bonds is 6. The molecule has 0 aromatic heterocycles. The van der Waals surface area contributed by atoms with Gasteiger partial charge in [0, 0.05) is 24.5 Å². The molecule has 0 bridgehead atoms. The lowest BCUT2D eigenvalue weighted by Crippen LogP contribution is -2.45. The Kier molecular flexibility index (Phi) is 10.5. The maximum Gasteiger partial charge on any atom is 0.223 e. The van der Waals surface area contributed by atoms with Crippen molar-refractivity contribution in [3.8, 4) is 0 Å². The van der Waals surface area contributed by atoms with Crippen LogP contribution >= 0.6 is 24.8 Å². The summed E-state index contributed by atoms with van der Waals surface area (Å²) in [6, 6.07) is 10.7. The van der Waals surface area contributed by atoms with Crippen LogP contribution in [-0.4, -0.2) is 43.5 Å². The lowest BCUT2D eigenvalue weighted by molar-refractivity contribution is -0.125. The van der Waals surface area contributed by atoms with Gasteiger partial charge >= 0.3 is 0 Å². The highest BCUT2D eigenvalue weighted by molar-refractivity contribution is 5.85. The summed E-state index contributed by atoms with van der Waals surface area (Å²) in [7, 11) is 4.07. The van der Waals surface area contributed by atoms with Crippen molar-refractivity contribution in [2.24, 2.45) is 11.7 Å². The molecule has 3 atom stereocenters. The van der Waals surface area contributed by atoms with Crippen LogP contribution in [0.5, 0.6) is 0 Å². The SMILES string of the molecule is CN(C)CC(Cc1ccccc1)NC(=O)C1CCC(N)C1.Cl.Cl. The molecule has 3 unspecified atom stereocenters. The summed E-state index contributed by atoms with van der Waals surface area (Å²) in [4.78, 5) is 14.5. The van der Waals surface area contributed by atoms with E-state index in [1.54, 1.807) is 0 Å². The van der Waals surface area contributed by atoms with Crippen molar-refractivity contribution >= 4 is 30.7 Å². The summed E-state index contributed by atoms with van der Waals surface area (Å²) in [6.07, 6.45) is 3.58. The maximum absolute atomic E-state index is 12.4. The van der Waals surface area contributed by atoms with Crippen LogP contribution in [0.15, 0.2) is 30.3 Å². The van der Waals surface area contributed by atoms with Gasteiger partial charge in [0.2, 0.25) is 5.91 Å². The number of nitrogens with one attached hydrogen (secondary N) is 1. The fourth-order valence-electron chi connectivity index (χ4n) is 3.07.